The number of likely N-dealkylation sites (tertiary alicyclic amines) is 1. The minimum atomic E-state index is -3.78. The standard InChI is InChI=1S/C22H26N2O5S/c1-16-5-9-19(10-6-16)23-30(27,28)20-11-7-18(8-12-20)22(26)29-15-21(25)24-13-3-4-17(2)14-24/h5-12,17,23H,3-4,13-15H2,1-2H3. The summed E-state index contributed by atoms with van der Waals surface area (Å²) in [5.41, 5.74) is 1.66. The Morgan fingerprint density at radius 1 is 1.10 bits per heavy atom. The number of anilines is 1. The third-order valence-corrected chi connectivity index (χ3v) is 6.44. The van der Waals surface area contributed by atoms with E-state index in [4.69, 9.17) is 4.74 Å². The van der Waals surface area contributed by atoms with Gasteiger partial charge in [0.25, 0.3) is 15.9 Å². The highest BCUT2D eigenvalue weighted by Gasteiger charge is 2.22. The number of sulfonamides is 1. The number of nitrogens with zero attached hydrogens (tertiary/aromatic N) is 1. The zero-order chi connectivity index (χ0) is 21.7. The van der Waals surface area contributed by atoms with Crippen LogP contribution in [0.3, 0.4) is 0 Å². The molecule has 1 saturated heterocycles. The van der Waals surface area contributed by atoms with Crippen LogP contribution >= 0.6 is 0 Å². The minimum absolute atomic E-state index is 0.0259. The van der Waals surface area contributed by atoms with E-state index in [9.17, 15) is 18.0 Å². The molecule has 3 rings (SSSR count). The Bertz CT molecular complexity index is 1000. The third-order valence-electron chi connectivity index (χ3n) is 5.04. The quantitative estimate of drug-likeness (QED) is 0.711. The van der Waals surface area contributed by atoms with Crippen molar-refractivity contribution in [1.82, 2.24) is 4.90 Å². The molecule has 8 heteroatoms. The zero-order valence-corrected chi connectivity index (χ0v) is 17.9. The molecule has 2 aromatic carbocycles. The SMILES string of the molecule is Cc1ccc(NS(=O)(=O)c2ccc(C(=O)OCC(=O)N3CCCC(C)C3)cc2)cc1. The fourth-order valence-electron chi connectivity index (χ4n) is 3.32. The Kier molecular flexibility index (Phi) is 6.77. The van der Waals surface area contributed by atoms with E-state index in [1.807, 2.05) is 19.1 Å². The number of benzene rings is 2. The van der Waals surface area contributed by atoms with Gasteiger partial charge in [0.1, 0.15) is 0 Å². The molecule has 30 heavy (non-hydrogen) atoms. The van der Waals surface area contributed by atoms with Crippen LogP contribution in [0, 0.1) is 12.8 Å². The van der Waals surface area contributed by atoms with Gasteiger partial charge in [-0.15, -0.1) is 0 Å². The number of hydrogen-bond donors (Lipinski definition) is 1. The highest BCUT2D eigenvalue weighted by atomic mass is 32.2. The van der Waals surface area contributed by atoms with Crippen molar-refractivity contribution in [3.8, 4) is 0 Å². The fraction of sp³-hybridized carbons (Fsp3) is 0.364. The van der Waals surface area contributed by atoms with Crippen LogP contribution in [-0.4, -0.2) is 44.9 Å². The van der Waals surface area contributed by atoms with Crippen molar-refractivity contribution in [2.24, 2.45) is 5.92 Å². The summed E-state index contributed by atoms with van der Waals surface area (Å²) in [4.78, 5) is 26.2. The van der Waals surface area contributed by atoms with E-state index in [-0.39, 0.29) is 23.0 Å². The van der Waals surface area contributed by atoms with Gasteiger partial charge in [0.15, 0.2) is 6.61 Å². The van der Waals surface area contributed by atoms with Crippen molar-refractivity contribution in [3.05, 3.63) is 59.7 Å². The third kappa shape index (κ3) is 5.60. The van der Waals surface area contributed by atoms with Crippen molar-refractivity contribution in [3.63, 3.8) is 0 Å². The molecule has 0 bridgehead atoms. The Hall–Kier alpha value is -2.87. The molecule has 7 nitrogen and oxygen atoms in total. The lowest BCUT2D eigenvalue weighted by atomic mass is 10.0. The first kappa shape index (κ1) is 21.8. The maximum Gasteiger partial charge on any atom is 0.338 e. The summed E-state index contributed by atoms with van der Waals surface area (Å²) in [6.07, 6.45) is 2.05. The summed E-state index contributed by atoms with van der Waals surface area (Å²) in [6.45, 7) is 5.05. The first-order valence-electron chi connectivity index (χ1n) is 9.89. The lowest BCUT2D eigenvalue weighted by molar-refractivity contribution is -0.136. The lowest BCUT2D eigenvalue weighted by Gasteiger charge is -2.30. The summed E-state index contributed by atoms with van der Waals surface area (Å²) in [6, 6.07) is 12.4. The van der Waals surface area contributed by atoms with Crippen molar-refractivity contribution in [2.75, 3.05) is 24.4 Å². The van der Waals surface area contributed by atoms with Gasteiger partial charge in [0, 0.05) is 18.8 Å². The average molecular weight is 431 g/mol. The van der Waals surface area contributed by atoms with Gasteiger partial charge in [-0.3, -0.25) is 9.52 Å². The predicted molar refractivity (Wildman–Crippen MR) is 114 cm³/mol. The van der Waals surface area contributed by atoms with Crippen LogP contribution in [0.2, 0.25) is 0 Å². The number of rotatable bonds is 6. The van der Waals surface area contributed by atoms with Gasteiger partial charge in [-0.25, -0.2) is 13.2 Å². The number of hydrogen-bond acceptors (Lipinski definition) is 5. The average Bonchev–Trinajstić information content (AvgIpc) is 2.73. The van der Waals surface area contributed by atoms with E-state index < -0.39 is 16.0 Å². The highest BCUT2D eigenvalue weighted by Crippen LogP contribution is 2.18. The highest BCUT2D eigenvalue weighted by molar-refractivity contribution is 7.92. The van der Waals surface area contributed by atoms with Gasteiger partial charge in [0.2, 0.25) is 0 Å². The van der Waals surface area contributed by atoms with Gasteiger partial charge < -0.3 is 9.64 Å². The molecule has 1 unspecified atom stereocenters. The van der Waals surface area contributed by atoms with E-state index >= 15 is 0 Å². The van der Waals surface area contributed by atoms with Crippen molar-refractivity contribution < 1.29 is 22.7 Å². The van der Waals surface area contributed by atoms with Crippen LogP contribution < -0.4 is 4.72 Å². The molecule has 1 aliphatic rings. The Labute approximate surface area is 177 Å². The molecule has 0 saturated carbocycles. The zero-order valence-electron chi connectivity index (χ0n) is 17.1. The van der Waals surface area contributed by atoms with Gasteiger partial charge in [0.05, 0.1) is 10.5 Å². The maximum absolute atomic E-state index is 12.5. The van der Waals surface area contributed by atoms with Crippen LogP contribution in [0.15, 0.2) is 53.4 Å². The summed E-state index contributed by atoms with van der Waals surface area (Å²) in [7, 11) is -3.78. The van der Waals surface area contributed by atoms with Crippen molar-refractivity contribution >= 4 is 27.6 Å². The first-order valence-corrected chi connectivity index (χ1v) is 11.4. The number of carbonyl (C=O) groups is 2. The lowest BCUT2D eigenvalue weighted by Crippen LogP contribution is -2.41. The molecule has 1 heterocycles. The number of ether oxygens (including phenoxy) is 1. The maximum atomic E-state index is 12.5. The van der Waals surface area contributed by atoms with E-state index in [1.54, 1.807) is 17.0 Å². The molecule has 0 aliphatic carbocycles. The number of carbonyl (C=O) groups excluding carboxylic acids is 2. The summed E-state index contributed by atoms with van der Waals surface area (Å²) in [5.74, 6) is -0.429. The minimum Gasteiger partial charge on any atom is -0.452 e. The van der Waals surface area contributed by atoms with Crippen molar-refractivity contribution in [2.45, 2.75) is 31.6 Å². The molecule has 0 aromatic heterocycles. The van der Waals surface area contributed by atoms with Crippen molar-refractivity contribution in [1.29, 1.82) is 0 Å². The molecule has 1 atom stereocenters. The number of esters is 1. The van der Waals surface area contributed by atoms with E-state index in [0.717, 1.165) is 18.4 Å². The van der Waals surface area contributed by atoms with Crippen LogP contribution in [0.5, 0.6) is 0 Å². The molecule has 1 aliphatic heterocycles. The van der Waals surface area contributed by atoms with E-state index in [0.29, 0.717) is 24.7 Å². The molecule has 2 aromatic rings. The topological polar surface area (TPSA) is 92.8 Å². The number of piperidine rings is 1. The largest absolute Gasteiger partial charge is 0.452 e. The molecule has 0 radical (unpaired) electrons. The molecule has 1 amide bonds. The van der Waals surface area contributed by atoms with Gasteiger partial charge >= 0.3 is 5.97 Å². The monoisotopic (exact) mass is 430 g/mol. The first-order chi connectivity index (χ1) is 14.2. The number of aryl methyl sites for hydroxylation is 1. The van der Waals surface area contributed by atoms with Crippen LogP contribution in [0.1, 0.15) is 35.7 Å². The second kappa shape index (κ2) is 9.30. The predicted octanol–water partition coefficient (Wildman–Crippen LogP) is 3.21. The summed E-state index contributed by atoms with van der Waals surface area (Å²) < 4.78 is 32.6. The molecule has 0 spiro atoms. The molecular formula is C22H26N2O5S. The Morgan fingerprint density at radius 2 is 1.77 bits per heavy atom. The molecule has 1 fully saturated rings. The number of amides is 1. The van der Waals surface area contributed by atoms with E-state index in [1.165, 1.54) is 24.3 Å². The normalized spacial score (nSPS) is 16.7. The fourth-order valence-corrected chi connectivity index (χ4v) is 4.38. The second-order valence-corrected chi connectivity index (χ2v) is 9.34. The van der Waals surface area contributed by atoms with Crippen LogP contribution in [0.4, 0.5) is 5.69 Å². The number of nitrogens with one attached hydrogen (secondary N) is 1. The summed E-state index contributed by atoms with van der Waals surface area (Å²) in [5, 5.41) is 0. The molecular weight excluding hydrogens is 404 g/mol. The molecule has 1 N–H and O–H groups in total. The van der Waals surface area contributed by atoms with Gasteiger partial charge in [-0.05, 0) is 62.1 Å². The Balaban J connectivity index is 1.58. The van der Waals surface area contributed by atoms with E-state index in [2.05, 4.69) is 11.6 Å². The Morgan fingerprint density at radius 3 is 2.40 bits per heavy atom. The summed E-state index contributed by atoms with van der Waals surface area (Å²) >= 11 is 0. The van der Waals surface area contributed by atoms with Crippen LogP contribution in [-0.2, 0) is 19.6 Å². The van der Waals surface area contributed by atoms with Gasteiger partial charge in [-0.1, -0.05) is 24.6 Å². The second-order valence-electron chi connectivity index (χ2n) is 7.66. The van der Waals surface area contributed by atoms with Crippen LogP contribution in [0.25, 0.3) is 0 Å². The van der Waals surface area contributed by atoms with Gasteiger partial charge in [-0.2, -0.15) is 0 Å². The smallest absolute Gasteiger partial charge is 0.338 e. The molecule has 160 valence electrons.